The number of hydrogen-bond donors (Lipinski definition) is 4. The Hall–Kier alpha value is -2.56. The molecule has 3 unspecified atom stereocenters. The van der Waals surface area contributed by atoms with Crippen LogP contribution in [-0.2, 0) is 32.7 Å². The molecule has 0 aromatic rings. The van der Waals surface area contributed by atoms with Gasteiger partial charge in [-0.05, 0) is 77.0 Å². The van der Waals surface area contributed by atoms with Crippen LogP contribution in [0.5, 0.6) is 0 Å². The Balaban J connectivity index is 3.89. The molecule has 0 saturated heterocycles. The molecule has 0 aromatic carbocycles. The minimum Gasteiger partial charge on any atom is -0.480 e. The maximum Gasteiger partial charge on any atom is 0.472 e. The molecule has 354 valence electrons. The summed E-state index contributed by atoms with van der Waals surface area (Å²) in [6.07, 6.45) is 49.8. The number of ether oxygens (including phenoxy) is 1. The fourth-order valence-corrected chi connectivity index (χ4v) is 7.32. The first-order chi connectivity index (χ1) is 29.6. The normalized spacial score (nSPS) is 14.0. The Morgan fingerprint density at radius 1 is 0.525 bits per heavy atom. The lowest BCUT2D eigenvalue weighted by atomic mass is 10.1. The molecule has 0 spiro atoms. The second-order valence-electron chi connectivity index (χ2n) is 16.3. The van der Waals surface area contributed by atoms with Gasteiger partial charge in [-0.25, -0.2) is 9.36 Å². The molecule has 12 heteroatoms. The third-order valence-electron chi connectivity index (χ3n) is 10.3. The fourth-order valence-electron chi connectivity index (χ4n) is 6.55. The molecule has 3 atom stereocenters. The predicted molar refractivity (Wildman–Crippen MR) is 249 cm³/mol. The van der Waals surface area contributed by atoms with Crippen molar-refractivity contribution in [3.8, 4) is 0 Å². The highest BCUT2D eigenvalue weighted by atomic mass is 31.2. The van der Waals surface area contributed by atoms with Crippen molar-refractivity contribution in [2.75, 3.05) is 19.8 Å². The zero-order valence-corrected chi connectivity index (χ0v) is 39.4. The summed E-state index contributed by atoms with van der Waals surface area (Å²) in [5, 5.41) is 21.9. The maximum atomic E-state index is 12.3. The molecule has 61 heavy (non-hydrogen) atoms. The molecule has 0 aromatic heterocycles. The van der Waals surface area contributed by atoms with Crippen LogP contribution in [-0.4, -0.2) is 64.9 Å². The first kappa shape index (κ1) is 58.4. The molecule has 0 aliphatic carbocycles. The molecule has 4 N–H and O–H groups in total. The molecule has 0 aliphatic heterocycles. The van der Waals surface area contributed by atoms with Crippen LogP contribution < -0.4 is 5.32 Å². The van der Waals surface area contributed by atoms with Crippen molar-refractivity contribution in [1.29, 1.82) is 0 Å². The number of esters is 1. The number of amides is 1. The number of nitrogens with one attached hydrogen (secondary N) is 1. The quantitative estimate of drug-likeness (QED) is 0.0200. The predicted octanol–water partition coefficient (Wildman–Crippen LogP) is 13.0. The van der Waals surface area contributed by atoms with Gasteiger partial charge in [0.05, 0.1) is 13.2 Å². The molecule has 0 heterocycles. The van der Waals surface area contributed by atoms with Gasteiger partial charge in [0.25, 0.3) is 0 Å². The number of aliphatic carboxylic acids is 1. The summed E-state index contributed by atoms with van der Waals surface area (Å²) in [6.45, 7) is 2.57. The van der Waals surface area contributed by atoms with Crippen molar-refractivity contribution in [2.45, 2.75) is 225 Å². The number of phosphoric ester groups is 1. The van der Waals surface area contributed by atoms with Crippen LogP contribution in [0.3, 0.4) is 0 Å². The number of unbranched alkanes of at least 4 members (excludes halogenated alkanes) is 23. The van der Waals surface area contributed by atoms with E-state index in [1.54, 1.807) is 0 Å². The Kier molecular flexibility index (Phi) is 42.2. The van der Waals surface area contributed by atoms with Crippen molar-refractivity contribution in [3.05, 3.63) is 48.6 Å². The average Bonchev–Trinajstić information content (AvgIpc) is 3.24. The Labute approximate surface area is 371 Å². The summed E-state index contributed by atoms with van der Waals surface area (Å²) in [6, 6.07) is -1.56. The van der Waals surface area contributed by atoms with Gasteiger partial charge in [-0.2, -0.15) is 0 Å². The van der Waals surface area contributed by atoms with E-state index in [-0.39, 0.29) is 12.8 Å². The zero-order valence-electron chi connectivity index (χ0n) is 38.5. The van der Waals surface area contributed by atoms with Gasteiger partial charge in [0.1, 0.15) is 12.7 Å². The minimum absolute atomic E-state index is 0.130. The molecular weight excluding hydrogens is 794 g/mol. The molecule has 0 rings (SSSR count). The summed E-state index contributed by atoms with van der Waals surface area (Å²) in [5.74, 6) is -2.39. The average molecular weight is 882 g/mol. The van der Waals surface area contributed by atoms with E-state index >= 15 is 0 Å². The van der Waals surface area contributed by atoms with Gasteiger partial charge in [0, 0.05) is 12.8 Å². The Morgan fingerprint density at radius 3 is 1.39 bits per heavy atom. The van der Waals surface area contributed by atoms with Crippen LogP contribution in [0.15, 0.2) is 48.6 Å². The first-order valence-corrected chi connectivity index (χ1v) is 25.7. The summed E-state index contributed by atoms with van der Waals surface area (Å²) in [5.41, 5.74) is 0. The molecule has 0 saturated carbocycles. The van der Waals surface area contributed by atoms with Crippen LogP contribution in [0.1, 0.15) is 213 Å². The molecule has 0 aliphatic rings. The lowest BCUT2D eigenvalue weighted by Crippen LogP contribution is -2.43. The molecule has 1 amide bonds. The van der Waals surface area contributed by atoms with E-state index in [4.69, 9.17) is 13.8 Å². The summed E-state index contributed by atoms with van der Waals surface area (Å²) < 4.78 is 26.9. The molecule has 0 bridgehead atoms. The highest BCUT2D eigenvalue weighted by Crippen LogP contribution is 2.43. The van der Waals surface area contributed by atoms with E-state index < -0.39 is 57.6 Å². The lowest BCUT2D eigenvalue weighted by Gasteiger charge is -2.18. The minimum atomic E-state index is -4.77. The number of carbonyl (C=O) groups excluding carboxylic acids is 2. The summed E-state index contributed by atoms with van der Waals surface area (Å²) >= 11 is 0. The molecule has 0 fully saturated rings. The first-order valence-electron chi connectivity index (χ1n) is 24.2. The standard InChI is InChI=1S/C49H88NO10P/c1-3-5-7-9-11-13-15-17-19-21-23-24-26-28-30-32-34-36-38-40-47(52)50-46(49(54)55)44-60-61(56,57)59-43-45(51)42-58-48(53)41-39-37-35-33-31-29-27-25-22-20-18-16-14-12-10-8-6-4-2/h11,13,17,19-20,22-24,45-46,51H,3-10,12,14-16,18,21,25-44H2,1-2H3,(H,50,52)(H,54,55)(H,56,57)/b13-11-,19-17-,22-20-,24-23-. The van der Waals surface area contributed by atoms with Crippen LogP contribution in [0.25, 0.3) is 0 Å². The number of allylic oxidation sites excluding steroid dienone is 8. The topological polar surface area (TPSA) is 169 Å². The second kappa shape index (κ2) is 44.1. The third-order valence-corrected chi connectivity index (χ3v) is 11.3. The SMILES string of the molecule is CCCCC/C=C\C/C=C\C/C=C\CCCCCCCCC(=O)NC(COP(=O)(O)OCC(O)COC(=O)CCCCCCCCC/C=C\CCCCCCCCC)C(=O)O. The van der Waals surface area contributed by atoms with Crippen molar-refractivity contribution >= 4 is 25.7 Å². The van der Waals surface area contributed by atoms with Crippen molar-refractivity contribution < 1.29 is 47.8 Å². The van der Waals surface area contributed by atoms with Crippen LogP contribution >= 0.6 is 7.82 Å². The van der Waals surface area contributed by atoms with Gasteiger partial charge in [0.2, 0.25) is 5.91 Å². The van der Waals surface area contributed by atoms with Gasteiger partial charge in [-0.3, -0.25) is 18.6 Å². The largest absolute Gasteiger partial charge is 0.480 e. The Morgan fingerprint density at radius 2 is 0.902 bits per heavy atom. The highest BCUT2D eigenvalue weighted by molar-refractivity contribution is 7.47. The smallest absolute Gasteiger partial charge is 0.472 e. The van der Waals surface area contributed by atoms with Gasteiger partial charge in [0.15, 0.2) is 6.04 Å². The number of hydrogen-bond acceptors (Lipinski definition) is 8. The monoisotopic (exact) mass is 882 g/mol. The number of carboxylic acid groups (broad SMARTS) is 1. The van der Waals surface area contributed by atoms with Gasteiger partial charge in [-0.15, -0.1) is 0 Å². The maximum absolute atomic E-state index is 12.3. The second-order valence-corrected chi connectivity index (χ2v) is 17.7. The van der Waals surface area contributed by atoms with E-state index in [9.17, 15) is 34.1 Å². The number of carbonyl (C=O) groups is 3. The number of rotatable bonds is 45. The van der Waals surface area contributed by atoms with E-state index in [0.29, 0.717) is 12.8 Å². The summed E-state index contributed by atoms with van der Waals surface area (Å²) in [7, 11) is -4.77. The summed E-state index contributed by atoms with van der Waals surface area (Å²) in [4.78, 5) is 46.0. The van der Waals surface area contributed by atoms with E-state index in [0.717, 1.165) is 77.0 Å². The van der Waals surface area contributed by atoms with E-state index in [1.165, 1.54) is 96.3 Å². The van der Waals surface area contributed by atoms with Crippen LogP contribution in [0.2, 0.25) is 0 Å². The van der Waals surface area contributed by atoms with Gasteiger partial charge >= 0.3 is 19.8 Å². The molecular formula is C49H88NO10P. The Bertz CT molecular complexity index is 1220. The highest BCUT2D eigenvalue weighted by Gasteiger charge is 2.28. The zero-order chi connectivity index (χ0) is 44.9. The number of phosphoric acid groups is 1. The van der Waals surface area contributed by atoms with Crippen LogP contribution in [0.4, 0.5) is 0 Å². The number of carboxylic acids is 1. The number of aliphatic hydroxyl groups excluding tert-OH is 1. The van der Waals surface area contributed by atoms with E-state index in [2.05, 4.69) is 67.8 Å². The van der Waals surface area contributed by atoms with Crippen LogP contribution in [0, 0.1) is 0 Å². The van der Waals surface area contributed by atoms with Crippen molar-refractivity contribution in [1.82, 2.24) is 5.32 Å². The van der Waals surface area contributed by atoms with E-state index in [1.807, 2.05) is 0 Å². The van der Waals surface area contributed by atoms with Gasteiger partial charge < -0.3 is 25.2 Å². The van der Waals surface area contributed by atoms with Crippen molar-refractivity contribution in [2.24, 2.45) is 0 Å². The lowest BCUT2D eigenvalue weighted by molar-refractivity contribution is -0.147. The third kappa shape index (κ3) is 43.9. The van der Waals surface area contributed by atoms with Gasteiger partial charge in [-0.1, -0.05) is 172 Å². The molecule has 0 radical (unpaired) electrons. The fraction of sp³-hybridized carbons (Fsp3) is 0.776. The molecule has 11 nitrogen and oxygen atoms in total. The van der Waals surface area contributed by atoms with Crippen molar-refractivity contribution in [3.63, 3.8) is 0 Å². The number of aliphatic hydroxyl groups is 1.